The Labute approximate surface area is 81.4 Å². The quantitative estimate of drug-likeness (QED) is 0.662. The molecule has 1 saturated carbocycles. The third kappa shape index (κ3) is 2.34. The van der Waals surface area contributed by atoms with E-state index in [1.165, 1.54) is 51.4 Å². The largest absolute Gasteiger partial charge is 0.324 e. The summed E-state index contributed by atoms with van der Waals surface area (Å²) in [5.74, 6) is 0.956. The Kier molecular flexibility index (Phi) is 3.05. The van der Waals surface area contributed by atoms with Gasteiger partial charge in [0.1, 0.15) is 0 Å². The standard InChI is InChI=1S/C12H21N/c13-12(9-10-5-4-6-10)11-7-2-1-3-8-11/h7,10,12H,1-6,8-9,13H2. The van der Waals surface area contributed by atoms with Crippen LogP contribution in [0, 0.1) is 5.92 Å². The molecule has 1 heteroatoms. The van der Waals surface area contributed by atoms with Gasteiger partial charge in [0.15, 0.2) is 0 Å². The molecule has 1 unspecified atom stereocenters. The van der Waals surface area contributed by atoms with Crippen LogP contribution in [-0.4, -0.2) is 6.04 Å². The molecule has 0 saturated heterocycles. The predicted octanol–water partition coefficient (Wildman–Crippen LogP) is 3.00. The number of hydrogen-bond acceptors (Lipinski definition) is 1. The fourth-order valence-electron chi connectivity index (χ4n) is 2.44. The van der Waals surface area contributed by atoms with Gasteiger partial charge in [-0.1, -0.05) is 30.9 Å². The topological polar surface area (TPSA) is 26.0 Å². The van der Waals surface area contributed by atoms with Gasteiger partial charge in [-0.25, -0.2) is 0 Å². The molecule has 74 valence electrons. The molecule has 0 radical (unpaired) electrons. The number of nitrogens with two attached hydrogens (primary N) is 1. The molecule has 0 heterocycles. The lowest BCUT2D eigenvalue weighted by atomic mass is 9.78. The fraction of sp³-hybridized carbons (Fsp3) is 0.833. The highest BCUT2D eigenvalue weighted by molar-refractivity contribution is 5.12. The predicted molar refractivity (Wildman–Crippen MR) is 56.5 cm³/mol. The maximum atomic E-state index is 6.19. The van der Waals surface area contributed by atoms with Crippen molar-refractivity contribution >= 4 is 0 Å². The molecule has 13 heavy (non-hydrogen) atoms. The molecule has 2 aliphatic carbocycles. The highest BCUT2D eigenvalue weighted by Gasteiger charge is 2.22. The number of hydrogen-bond donors (Lipinski definition) is 1. The Bertz CT molecular complexity index is 191. The Balaban J connectivity index is 1.80. The summed E-state index contributed by atoms with van der Waals surface area (Å²) in [4.78, 5) is 0. The van der Waals surface area contributed by atoms with E-state index in [1.54, 1.807) is 5.57 Å². The third-order valence-corrected chi connectivity index (χ3v) is 3.61. The average molecular weight is 179 g/mol. The first kappa shape index (κ1) is 9.26. The highest BCUT2D eigenvalue weighted by Crippen LogP contribution is 2.32. The van der Waals surface area contributed by atoms with Gasteiger partial charge in [-0.3, -0.25) is 0 Å². The lowest BCUT2D eigenvalue weighted by Gasteiger charge is -2.30. The van der Waals surface area contributed by atoms with E-state index in [2.05, 4.69) is 6.08 Å². The summed E-state index contributed by atoms with van der Waals surface area (Å²) in [7, 11) is 0. The van der Waals surface area contributed by atoms with Crippen LogP contribution in [0.2, 0.25) is 0 Å². The molecule has 0 spiro atoms. The first-order valence-electron chi connectivity index (χ1n) is 5.81. The van der Waals surface area contributed by atoms with Gasteiger partial charge in [0, 0.05) is 6.04 Å². The van der Waals surface area contributed by atoms with Crippen molar-refractivity contribution in [3.8, 4) is 0 Å². The number of allylic oxidation sites excluding steroid dienone is 1. The van der Waals surface area contributed by atoms with E-state index in [-0.39, 0.29) is 0 Å². The maximum absolute atomic E-state index is 6.19. The zero-order valence-corrected chi connectivity index (χ0v) is 8.47. The minimum Gasteiger partial charge on any atom is -0.324 e. The molecule has 0 amide bonds. The van der Waals surface area contributed by atoms with Crippen LogP contribution in [0.5, 0.6) is 0 Å². The summed E-state index contributed by atoms with van der Waals surface area (Å²) in [6, 6.07) is 0.394. The van der Waals surface area contributed by atoms with Gasteiger partial charge in [-0.2, -0.15) is 0 Å². The molecule has 2 aliphatic rings. The molecule has 1 fully saturated rings. The van der Waals surface area contributed by atoms with Crippen molar-refractivity contribution in [3.05, 3.63) is 11.6 Å². The van der Waals surface area contributed by atoms with Gasteiger partial charge in [-0.05, 0) is 38.0 Å². The second-order valence-corrected chi connectivity index (χ2v) is 4.66. The van der Waals surface area contributed by atoms with Gasteiger partial charge in [0.25, 0.3) is 0 Å². The third-order valence-electron chi connectivity index (χ3n) is 3.61. The summed E-state index contributed by atoms with van der Waals surface area (Å²) in [5, 5.41) is 0. The molecule has 0 bridgehead atoms. The normalized spacial score (nSPS) is 26.4. The van der Waals surface area contributed by atoms with Crippen LogP contribution in [0.15, 0.2) is 11.6 Å². The van der Waals surface area contributed by atoms with Crippen LogP contribution in [0.1, 0.15) is 51.4 Å². The summed E-state index contributed by atoms with van der Waals surface area (Å²) in [6.45, 7) is 0. The maximum Gasteiger partial charge on any atom is 0.0256 e. The molecule has 2 N–H and O–H groups in total. The van der Waals surface area contributed by atoms with Crippen LogP contribution >= 0.6 is 0 Å². The van der Waals surface area contributed by atoms with Crippen molar-refractivity contribution < 1.29 is 0 Å². The minimum absolute atomic E-state index is 0.394. The fourth-order valence-corrected chi connectivity index (χ4v) is 2.44. The second-order valence-electron chi connectivity index (χ2n) is 4.66. The zero-order valence-electron chi connectivity index (χ0n) is 8.47. The van der Waals surface area contributed by atoms with E-state index in [1.807, 2.05) is 0 Å². The van der Waals surface area contributed by atoms with Crippen molar-refractivity contribution in [1.29, 1.82) is 0 Å². The van der Waals surface area contributed by atoms with E-state index >= 15 is 0 Å². The van der Waals surface area contributed by atoms with E-state index in [4.69, 9.17) is 5.73 Å². The minimum atomic E-state index is 0.394. The van der Waals surface area contributed by atoms with Crippen LogP contribution in [0.25, 0.3) is 0 Å². The highest BCUT2D eigenvalue weighted by atomic mass is 14.6. The van der Waals surface area contributed by atoms with Gasteiger partial charge >= 0.3 is 0 Å². The van der Waals surface area contributed by atoms with Crippen molar-refractivity contribution in [2.45, 2.75) is 57.4 Å². The molecular weight excluding hydrogens is 158 g/mol. The number of rotatable bonds is 3. The monoisotopic (exact) mass is 179 g/mol. The first-order valence-corrected chi connectivity index (χ1v) is 5.81. The Morgan fingerprint density at radius 1 is 1.31 bits per heavy atom. The van der Waals surface area contributed by atoms with E-state index in [0.717, 1.165) is 5.92 Å². The molecule has 2 rings (SSSR count). The van der Waals surface area contributed by atoms with E-state index in [9.17, 15) is 0 Å². The van der Waals surface area contributed by atoms with Gasteiger partial charge in [0.05, 0.1) is 0 Å². The molecular formula is C12H21N. The van der Waals surface area contributed by atoms with Crippen LogP contribution in [0.4, 0.5) is 0 Å². The summed E-state index contributed by atoms with van der Waals surface area (Å²) >= 11 is 0. The molecule has 1 nitrogen and oxygen atoms in total. The van der Waals surface area contributed by atoms with Crippen LogP contribution in [-0.2, 0) is 0 Å². The second kappa shape index (κ2) is 4.28. The van der Waals surface area contributed by atoms with Crippen molar-refractivity contribution in [2.24, 2.45) is 11.7 Å². The van der Waals surface area contributed by atoms with E-state index in [0.29, 0.717) is 6.04 Å². The van der Waals surface area contributed by atoms with Gasteiger partial charge in [0.2, 0.25) is 0 Å². The lowest BCUT2D eigenvalue weighted by molar-refractivity contribution is 0.282. The average Bonchev–Trinajstić information content (AvgIpc) is 2.12. The van der Waals surface area contributed by atoms with Crippen LogP contribution in [0.3, 0.4) is 0 Å². The SMILES string of the molecule is NC(CC1CCC1)C1=CCCCC1. The van der Waals surface area contributed by atoms with E-state index < -0.39 is 0 Å². The molecule has 0 aromatic carbocycles. The molecule has 1 atom stereocenters. The summed E-state index contributed by atoms with van der Waals surface area (Å²) in [6.07, 6.45) is 13.2. The summed E-state index contributed by atoms with van der Waals surface area (Å²) < 4.78 is 0. The van der Waals surface area contributed by atoms with Crippen molar-refractivity contribution in [2.75, 3.05) is 0 Å². The molecule has 0 aromatic heterocycles. The Morgan fingerprint density at radius 3 is 2.69 bits per heavy atom. The first-order chi connectivity index (χ1) is 6.36. The van der Waals surface area contributed by atoms with Gasteiger partial charge in [-0.15, -0.1) is 0 Å². The Morgan fingerprint density at radius 2 is 2.15 bits per heavy atom. The van der Waals surface area contributed by atoms with Crippen molar-refractivity contribution in [1.82, 2.24) is 0 Å². The van der Waals surface area contributed by atoms with Crippen LogP contribution < -0.4 is 5.73 Å². The van der Waals surface area contributed by atoms with Crippen molar-refractivity contribution in [3.63, 3.8) is 0 Å². The zero-order chi connectivity index (χ0) is 9.10. The van der Waals surface area contributed by atoms with Gasteiger partial charge < -0.3 is 5.73 Å². The Hall–Kier alpha value is -0.300. The lowest BCUT2D eigenvalue weighted by Crippen LogP contribution is -2.29. The molecule has 0 aromatic rings. The summed E-state index contributed by atoms with van der Waals surface area (Å²) in [5.41, 5.74) is 7.74. The smallest absolute Gasteiger partial charge is 0.0256 e. The molecule has 0 aliphatic heterocycles.